The standard InChI is InChI=1S/C20H29N3O2/c1-2-15-7-9-18(10-8-15)22-19(24)14-23-11-3-4-17(13-23)20(25)21-12-16-5-6-16/h7-10,16-17H,2-6,11-14H2,1H3,(H,21,25)(H,22,24). The summed E-state index contributed by atoms with van der Waals surface area (Å²) in [7, 11) is 0. The Bertz CT molecular complexity index is 595. The lowest BCUT2D eigenvalue weighted by Gasteiger charge is -2.31. The number of piperidine rings is 1. The highest BCUT2D eigenvalue weighted by molar-refractivity contribution is 5.92. The van der Waals surface area contributed by atoms with Crippen molar-refractivity contribution in [2.24, 2.45) is 11.8 Å². The molecule has 0 radical (unpaired) electrons. The van der Waals surface area contributed by atoms with E-state index in [4.69, 9.17) is 0 Å². The molecule has 0 spiro atoms. The Morgan fingerprint density at radius 1 is 1.16 bits per heavy atom. The lowest BCUT2D eigenvalue weighted by molar-refractivity contribution is -0.128. The van der Waals surface area contributed by atoms with Crippen molar-refractivity contribution >= 4 is 17.5 Å². The largest absolute Gasteiger partial charge is 0.356 e. The van der Waals surface area contributed by atoms with E-state index >= 15 is 0 Å². The van der Waals surface area contributed by atoms with Gasteiger partial charge in [-0.05, 0) is 62.3 Å². The molecule has 2 amide bonds. The van der Waals surface area contributed by atoms with Gasteiger partial charge in [-0.2, -0.15) is 0 Å². The van der Waals surface area contributed by atoms with Crippen LogP contribution in [0.25, 0.3) is 0 Å². The van der Waals surface area contributed by atoms with Gasteiger partial charge in [0.15, 0.2) is 0 Å². The van der Waals surface area contributed by atoms with E-state index in [1.165, 1.54) is 18.4 Å². The number of benzene rings is 1. The predicted molar refractivity (Wildman–Crippen MR) is 99.3 cm³/mol. The summed E-state index contributed by atoms with van der Waals surface area (Å²) in [6.07, 6.45) is 5.38. The van der Waals surface area contributed by atoms with Crippen molar-refractivity contribution < 1.29 is 9.59 Å². The molecule has 0 bridgehead atoms. The molecular weight excluding hydrogens is 314 g/mol. The molecule has 1 heterocycles. The van der Waals surface area contributed by atoms with Crippen molar-refractivity contribution in [1.82, 2.24) is 10.2 Å². The molecule has 1 aliphatic heterocycles. The minimum atomic E-state index is -0.0108. The van der Waals surface area contributed by atoms with Gasteiger partial charge in [-0.1, -0.05) is 19.1 Å². The number of carbonyl (C=O) groups is 2. The average molecular weight is 343 g/mol. The molecule has 1 saturated carbocycles. The Balaban J connectivity index is 1.44. The van der Waals surface area contributed by atoms with Crippen LogP contribution in [0.1, 0.15) is 38.2 Å². The molecule has 1 aromatic rings. The molecule has 136 valence electrons. The van der Waals surface area contributed by atoms with E-state index in [9.17, 15) is 9.59 Å². The van der Waals surface area contributed by atoms with Gasteiger partial charge < -0.3 is 10.6 Å². The zero-order valence-corrected chi connectivity index (χ0v) is 15.1. The summed E-state index contributed by atoms with van der Waals surface area (Å²) in [5.74, 6) is 0.869. The molecular formula is C20H29N3O2. The van der Waals surface area contributed by atoms with Crippen molar-refractivity contribution in [2.75, 3.05) is 31.5 Å². The van der Waals surface area contributed by atoms with Crippen LogP contribution in [0.4, 0.5) is 5.69 Å². The van der Waals surface area contributed by atoms with Crippen LogP contribution in [-0.4, -0.2) is 42.9 Å². The highest BCUT2D eigenvalue weighted by Crippen LogP contribution is 2.28. The number of carbonyl (C=O) groups excluding carboxylic acids is 2. The van der Waals surface area contributed by atoms with Gasteiger partial charge >= 0.3 is 0 Å². The number of hydrogen-bond acceptors (Lipinski definition) is 3. The van der Waals surface area contributed by atoms with E-state index < -0.39 is 0 Å². The first-order valence-electron chi connectivity index (χ1n) is 9.53. The fourth-order valence-electron chi connectivity index (χ4n) is 3.35. The average Bonchev–Trinajstić information content (AvgIpc) is 3.45. The second kappa shape index (κ2) is 8.48. The summed E-state index contributed by atoms with van der Waals surface area (Å²) in [5.41, 5.74) is 2.09. The van der Waals surface area contributed by atoms with Crippen LogP contribution >= 0.6 is 0 Å². The van der Waals surface area contributed by atoms with Crippen LogP contribution in [0.3, 0.4) is 0 Å². The molecule has 25 heavy (non-hydrogen) atoms. The Morgan fingerprint density at radius 3 is 2.60 bits per heavy atom. The monoisotopic (exact) mass is 343 g/mol. The zero-order chi connectivity index (χ0) is 17.6. The fourth-order valence-corrected chi connectivity index (χ4v) is 3.35. The van der Waals surface area contributed by atoms with E-state index in [0.29, 0.717) is 19.0 Å². The topological polar surface area (TPSA) is 61.4 Å². The first-order valence-corrected chi connectivity index (χ1v) is 9.53. The van der Waals surface area contributed by atoms with E-state index in [-0.39, 0.29) is 17.7 Å². The third-order valence-corrected chi connectivity index (χ3v) is 5.15. The highest BCUT2D eigenvalue weighted by atomic mass is 16.2. The molecule has 1 aromatic carbocycles. The van der Waals surface area contributed by atoms with E-state index in [1.54, 1.807) is 0 Å². The summed E-state index contributed by atoms with van der Waals surface area (Å²) in [5, 5.41) is 6.02. The summed E-state index contributed by atoms with van der Waals surface area (Å²) in [4.78, 5) is 26.7. The van der Waals surface area contributed by atoms with Gasteiger partial charge in [0.05, 0.1) is 12.5 Å². The lowest BCUT2D eigenvalue weighted by Crippen LogP contribution is -2.45. The Morgan fingerprint density at radius 2 is 1.92 bits per heavy atom. The molecule has 2 aliphatic rings. The number of nitrogens with zero attached hydrogens (tertiary/aromatic N) is 1. The maximum Gasteiger partial charge on any atom is 0.238 e. The molecule has 1 unspecified atom stereocenters. The summed E-state index contributed by atoms with van der Waals surface area (Å²) in [6, 6.07) is 7.97. The number of rotatable bonds is 7. The number of aryl methyl sites for hydroxylation is 1. The second-order valence-corrected chi connectivity index (χ2v) is 7.36. The minimum Gasteiger partial charge on any atom is -0.356 e. The van der Waals surface area contributed by atoms with E-state index in [0.717, 1.165) is 38.0 Å². The molecule has 5 nitrogen and oxygen atoms in total. The van der Waals surface area contributed by atoms with Crippen LogP contribution in [0.5, 0.6) is 0 Å². The molecule has 1 aliphatic carbocycles. The van der Waals surface area contributed by atoms with Crippen molar-refractivity contribution in [3.63, 3.8) is 0 Å². The molecule has 1 atom stereocenters. The van der Waals surface area contributed by atoms with Gasteiger partial charge in [0.2, 0.25) is 11.8 Å². The minimum absolute atomic E-state index is 0.0108. The molecule has 2 fully saturated rings. The third-order valence-electron chi connectivity index (χ3n) is 5.15. The van der Waals surface area contributed by atoms with Crippen LogP contribution in [0.2, 0.25) is 0 Å². The second-order valence-electron chi connectivity index (χ2n) is 7.36. The van der Waals surface area contributed by atoms with Crippen LogP contribution < -0.4 is 10.6 Å². The van der Waals surface area contributed by atoms with Crippen LogP contribution in [0.15, 0.2) is 24.3 Å². The van der Waals surface area contributed by atoms with E-state index in [1.807, 2.05) is 24.3 Å². The molecule has 5 heteroatoms. The summed E-state index contributed by atoms with van der Waals surface area (Å²) < 4.78 is 0. The maximum absolute atomic E-state index is 12.3. The molecule has 2 N–H and O–H groups in total. The van der Waals surface area contributed by atoms with Gasteiger partial charge in [0.25, 0.3) is 0 Å². The summed E-state index contributed by atoms with van der Waals surface area (Å²) >= 11 is 0. The first-order chi connectivity index (χ1) is 12.1. The number of likely N-dealkylation sites (tertiary alicyclic amines) is 1. The quantitative estimate of drug-likeness (QED) is 0.799. The van der Waals surface area contributed by atoms with Gasteiger partial charge in [0.1, 0.15) is 0 Å². The van der Waals surface area contributed by atoms with Gasteiger partial charge in [-0.3, -0.25) is 14.5 Å². The van der Waals surface area contributed by atoms with Crippen molar-refractivity contribution in [3.05, 3.63) is 29.8 Å². The lowest BCUT2D eigenvalue weighted by atomic mass is 9.97. The third kappa shape index (κ3) is 5.56. The maximum atomic E-state index is 12.3. The van der Waals surface area contributed by atoms with Crippen molar-refractivity contribution in [3.8, 4) is 0 Å². The van der Waals surface area contributed by atoms with Crippen LogP contribution in [-0.2, 0) is 16.0 Å². The molecule has 1 saturated heterocycles. The molecule has 3 rings (SSSR count). The van der Waals surface area contributed by atoms with Gasteiger partial charge in [-0.15, -0.1) is 0 Å². The van der Waals surface area contributed by atoms with Crippen molar-refractivity contribution in [2.45, 2.75) is 39.0 Å². The zero-order valence-electron chi connectivity index (χ0n) is 15.1. The Kier molecular flexibility index (Phi) is 6.08. The number of nitrogens with one attached hydrogen (secondary N) is 2. The summed E-state index contributed by atoms with van der Waals surface area (Å²) in [6.45, 7) is 4.85. The smallest absolute Gasteiger partial charge is 0.238 e. The van der Waals surface area contributed by atoms with Gasteiger partial charge in [0, 0.05) is 18.8 Å². The van der Waals surface area contributed by atoms with E-state index in [2.05, 4.69) is 22.5 Å². The Labute approximate surface area is 150 Å². The Hall–Kier alpha value is -1.88. The van der Waals surface area contributed by atoms with Gasteiger partial charge in [-0.25, -0.2) is 0 Å². The fraction of sp³-hybridized carbons (Fsp3) is 0.600. The first kappa shape index (κ1) is 17.9. The highest BCUT2D eigenvalue weighted by Gasteiger charge is 2.28. The van der Waals surface area contributed by atoms with Crippen molar-refractivity contribution in [1.29, 1.82) is 0 Å². The number of amides is 2. The molecule has 0 aromatic heterocycles. The SMILES string of the molecule is CCc1ccc(NC(=O)CN2CCCC(C(=O)NCC3CC3)C2)cc1. The number of hydrogen-bond donors (Lipinski definition) is 2. The van der Waals surface area contributed by atoms with Crippen LogP contribution in [0, 0.1) is 11.8 Å². The normalized spacial score (nSPS) is 20.9. The number of anilines is 1. The predicted octanol–water partition coefficient (Wildman–Crippen LogP) is 2.43.